The lowest BCUT2D eigenvalue weighted by Gasteiger charge is -2.36. The van der Waals surface area contributed by atoms with Gasteiger partial charge in [-0.1, -0.05) is 19.9 Å². The van der Waals surface area contributed by atoms with Gasteiger partial charge in [0.1, 0.15) is 11.6 Å². The summed E-state index contributed by atoms with van der Waals surface area (Å²) in [6.07, 6.45) is -0.0714. The van der Waals surface area contributed by atoms with Crippen LogP contribution in [0, 0.1) is 22.0 Å². The lowest BCUT2D eigenvalue weighted by Crippen LogP contribution is -2.49. The van der Waals surface area contributed by atoms with Gasteiger partial charge in [0, 0.05) is 19.2 Å². The molecule has 0 bridgehead atoms. The molecule has 0 radical (unpaired) electrons. The third kappa shape index (κ3) is 4.14. The van der Waals surface area contributed by atoms with Gasteiger partial charge in [-0.3, -0.25) is 29.4 Å². The van der Waals surface area contributed by atoms with Crippen molar-refractivity contribution in [3.05, 3.63) is 39.4 Å². The molecule has 0 aliphatic carbocycles. The van der Waals surface area contributed by atoms with Crippen LogP contribution < -0.4 is 0 Å². The lowest BCUT2D eigenvalue weighted by atomic mass is 9.91. The molecule has 1 saturated heterocycles. The molecule has 10 heteroatoms. The first-order valence-corrected chi connectivity index (χ1v) is 10.2. The third-order valence-corrected chi connectivity index (χ3v) is 5.67. The normalized spacial score (nSPS) is 22.7. The summed E-state index contributed by atoms with van der Waals surface area (Å²) in [7, 11) is 0. The lowest BCUT2D eigenvalue weighted by molar-refractivity contribution is -0.385. The summed E-state index contributed by atoms with van der Waals surface area (Å²) in [5.74, 6) is -2.35. The number of nitro benzene ring substituents is 1. The van der Waals surface area contributed by atoms with E-state index >= 15 is 0 Å². The molecule has 1 fully saturated rings. The van der Waals surface area contributed by atoms with E-state index in [4.69, 9.17) is 4.74 Å². The van der Waals surface area contributed by atoms with E-state index in [1.54, 1.807) is 4.90 Å². The van der Waals surface area contributed by atoms with E-state index in [0.29, 0.717) is 29.8 Å². The van der Waals surface area contributed by atoms with Gasteiger partial charge >= 0.3 is 5.97 Å². The monoisotopic (exact) mass is 431 g/mol. The van der Waals surface area contributed by atoms with Crippen molar-refractivity contribution in [2.75, 3.05) is 13.1 Å². The number of esters is 1. The SMILES string of the molecule is C[C@@H]1C[C@H](C)CN(C(=O)[C@H](C)OC(=O)[C@H](C)N2C(=O)c3cccc([N+](=O)[O-])c3C2=O)C1. The van der Waals surface area contributed by atoms with E-state index in [2.05, 4.69) is 13.8 Å². The summed E-state index contributed by atoms with van der Waals surface area (Å²) < 4.78 is 5.27. The molecular weight excluding hydrogens is 406 g/mol. The summed E-state index contributed by atoms with van der Waals surface area (Å²) in [6, 6.07) is 2.38. The number of amides is 3. The minimum Gasteiger partial charge on any atom is -0.451 e. The fraction of sp³-hybridized carbons (Fsp3) is 0.524. The van der Waals surface area contributed by atoms with E-state index in [1.165, 1.54) is 26.0 Å². The van der Waals surface area contributed by atoms with Gasteiger partial charge in [0.15, 0.2) is 6.10 Å². The Kier molecular flexibility index (Phi) is 6.10. The van der Waals surface area contributed by atoms with Crippen molar-refractivity contribution in [1.82, 2.24) is 9.80 Å². The fourth-order valence-electron chi connectivity index (χ4n) is 4.32. The number of nitrogens with zero attached hydrogens (tertiary/aromatic N) is 3. The highest BCUT2D eigenvalue weighted by Gasteiger charge is 2.45. The highest BCUT2D eigenvalue weighted by Crippen LogP contribution is 2.32. The summed E-state index contributed by atoms with van der Waals surface area (Å²) >= 11 is 0. The number of carbonyl (C=O) groups is 4. The van der Waals surface area contributed by atoms with Crippen LogP contribution in [0.5, 0.6) is 0 Å². The number of rotatable bonds is 5. The fourth-order valence-corrected chi connectivity index (χ4v) is 4.32. The molecule has 0 saturated carbocycles. The van der Waals surface area contributed by atoms with Crippen LogP contribution in [-0.2, 0) is 14.3 Å². The predicted molar refractivity (Wildman–Crippen MR) is 108 cm³/mol. The summed E-state index contributed by atoms with van der Waals surface area (Å²) in [4.78, 5) is 63.5. The molecule has 2 aliphatic heterocycles. The number of piperidine rings is 1. The van der Waals surface area contributed by atoms with Crippen molar-refractivity contribution in [1.29, 1.82) is 0 Å². The summed E-state index contributed by atoms with van der Waals surface area (Å²) in [5, 5.41) is 11.2. The van der Waals surface area contributed by atoms with Crippen LogP contribution in [0.15, 0.2) is 18.2 Å². The molecule has 4 atom stereocenters. The maximum absolute atomic E-state index is 12.7. The zero-order valence-electron chi connectivity index (χ0n) is 17.9. The number of carbonyl (C=O) groups excluding carboxylic acids is 4. The molecule has 0 unspecified atom stereocenters. The Balaban J connectivity index is 1.72. The second-order valence-electron chi connectivity index (χ2n) is 8.38. The molecule has 0 aromatic heterocycles. The van der Waals surface area contributed by atoms with Crippen LogP contribution >= 0.6 is 0 Å². The van der Waals surface area contributed by atoms with Gasteiger partial charge in [-0.05, 0) is 38.2 Å². The van der Waals surface area contributed by atoms with Gasteiger partial charge in [-0.25, -0.2) is 4.79 Å². The number of nitro groups is 1. The average molecular weight is 431 g/mol. The van der Waals surface area contributed by atoms with Gasteiger partial charge < -0.3 is 9.64 Å². The number of likely N-dealkylation sites (tertiary alicyclic amines) is 1. The molecule has 3 rings (SSSR count). The van der Waals surface area contributed by atoms with Crippen molar-refractivity contribution in [3.8, 4) is 0 Å². The van der Waals surface area contributed by atoms with E-state index in [0.717, 1.165) is 12.5 Å². The number of fused-ring (bicyclic) bond motifs is 1. The smallest absolute Gasteiger partial charge is 0.329 e. The highest BCUT2D eigenvalue weighted by molar-refractivity contribution is 6.24. The first kappa shape index (κ1) is 22.4. The van der Waals surface area contributed by atoms with Gasteiger partial charge in [-0.15, -0.1) is 0 Å². The molecule has 10 nitrogen and oxygen atoms in total. The molecule has 1 aromatic carbocycles. The zero-order valence-corrected chi connectivity index (χ0v) is 17.9. The van der Waals surface area contributed by atoms with Gasteiger partial charge in [0.05, 0.1) is 10.5 Å². The molecule has 0 N–H and O–H groups in total. The number of ether oxygens (including phenoxy) is 1. The molecule has 2 heterocycles. The molecule has 166 valence electrons. The Labute approximate surface area is 179 Å². The summed E-state index contributed by atoms with van der Waals surface area (Å²) in [6.45, 7) is 7.99. The van der Waals surface area contributed by atoms with Crippen LogP contribution in [-0.4, -0.2) is 63.6 Å². The van der Waals surface area contributed by atoms with Crippen LogP contribution in [0.1, 0.15) is 54.8 Å². The molecule has 2 aliphatic rings. The van der Waals surface area contributed by atoms with Gasteiger partial charge in [0.2, 0.25) is 0 Å². The third-order valence-electron chi connectivity index (χ3n) is 5.67. The minimum absolute atomic E-state index is 0.140. The first-order chi connectivity index (χ1) is 14.5. The van der Waals surface area contributed by atoms with E-state index in [9.17, 15) is 29.3 Å². The van der Waals surface area contributed by atoms with Crippen molar-refractivity contribution in [2.24, 2.45) is 11.8 Å². The van der Waals surface area contributed by atoms with Gasteiger partial charge in [-0.2, -0.15) is 0 Å². The quantitative estimate of drug-likeness (QED) is 0.302. The van der Waals surface area contributed by atoms with Crippen LogP contribution in [0.25, 0.3) is 0 Å². The Morgan fingerprint density at radius 3 is 2.32 bits per heavy atom. The molecular formula is C21H25N3O7. The van der Waals surface area contributed by atoms with E-state index in [1.807, 2.05) is 0 Å². The number of imide groups is 1. The Morgan fingerprint density at radius 1 is 1.13 bits per heavy atom. The maximum atomic E-state index is 12.7. The first-order valence-electron chi connectivity index (χ1n) is 10.2. The molecule has 3 amide bonds. The van der Waals surface area contributed by atoms with E-state index in [-0.39, 0.29) is 17.0 Å². The standard InChI is InChI=1S/C21H25N3O7/c1-11-8-12(2)10-22(9-11)18(25)14(4)31-21(28)13(3)23-19(26)15-6-5-7-16(24(29)30)17(15)20(23)27/h5-7,11-14H,8-10H2,1-4H3/t11-,12+,13-,14-/m0/s1. The second-order valence-corrected chi connectivity index (χ2v) is 8.38. The number of hydrogen-bond acceptors (Lipinski definition) is 7. The van der Waals surface area contributed by atoms with Crippen LogP contribution in [0.2, 0.25) is 0 Å². The van der Waals surface area contributed by atoms with Crippen molar-refractivity contribution >= 4 is 29.4 Å². The Bertz CT molecular complexity index is 950. The molecule has 31 heavy (non-hydrogen) atoms. The number of hydrogen-bond donors (Lipinski definition) is 0. The molecule has 0 spiro atoms. The predicted octanol–water partition coefficient (Wildman–Crippen LogP) is 2.02. The van der Waals surface area contributed by atoms with Crippen molar-refractivity contribution in [3.63, 3.8) is 0 Å². The average Bonchev–Trinajstić information content (AvgIpc) is 2.96. The highest BCUT2D eigenvalue weighted by atomic mass is 16.6. The zero-order chi connectivity index (χ0) is 23.0. The van der Waals surface area contributed by atoms with Crippen molar-refractivity contribution < 1.29 is 28.8 Å². The van der Waals surface area contributed by atoms with E-state index < -0.39 is 40.5 Å². The van der Waals surface area contributed by atoms with Crippen LogP contribution in [0.4, 0.5) is 5.69 Å². The van der Waals surface area contributed by atoms with Gasteiger partial charge in [0.25, 0.3) is 23.4 Å². The largest absolute Gasteiger partial charge is 0.451 e. The molecule has 1 aromatic rings. The second kappa shape index (κ2) is 8.44. The topological polar surface area (TPSA) is 127 Å². The Morgan fingerprint density at radius 2 is 1.74 bits per heavy atom. The Hall–Kier alpha value is -3.30. The maximum Gasteiger partial charge on any atom is 0.329 e. The minimum atomic E-state index is -1.35. The van der Waals surface area contributed by atoms with Crippen LogP contribution in [0.3, 0.4) is 0 Å². The summed E-state index contributed by atoms with van der Waals surface area (Å²) in [5.41, 5.74) is -0.993. The van der Waals surface area contributed by atoms with Crippen molar-refractivity contribution in [2.45, 2.75) is 46.3 Å². The number of benzene rings is 1.